The lowest BCUT2D eigenvalue weighted by molar-refractivity contribution is 0.628. The van der Waals surface area contributed by atoms with E-state index in [1.165, 1.54) is 6.07 Å². The van der Waals surface area contributed by atoms with E-state index < -0.39 is 0 Å². The minimum atomic E-state index is -0.338. The Kier molecular flexibility index (Phi) is 2.30. The van der Waals surface area contributed by atoms with Crippen LogP contribution in [-0.2, 0) is 0 Å². The third-order valence-corrected chi connectivity index (χ3v) is 3.64. The maximum atomic E-state index is 14.2. The van der Waals surface area contributed by atoms with E-state index in [-0.39, 0.29) is 5.82 Å². The lowest BCUT2D eigenvalue weighted by Crippen LogP contribution is -1.99. The molecule has 3 aromatic rings. The molecule has 1 aliphatic carbocycles. The van der Waals surface area contributed by atoms with Crippen LogP contribution in [0.1, 0.15) is 18.9 Å². The number of benzene rings is 1. The second kappa shape index (κ2) is 4.03. The van der Waals surface area contributed by atoms with Gasteiger partial charge in [-0.2, -0.15) is 0 Å². The first-order valence-electron chi connectivity index (χ1n) is 6.61. The van der Waals surface area contributed by atoms with Crippen molar-refractivity contribution in [2.45, 2.75) is 18.9 Å². The van der Waals surface area contributed by atoms with Gasteiger partial charge >= 0.3 is 0 Å². The van der Waals surface area contributed by atoms with Crippen molar-refractivity contribution in [3.63, 3.8) is 0 Å². The molecule has 0 spiro atoms. The summed E-state index contributed by atoms with van der Waals surface area (Å²) < 4.78 is 16.3. The van der Waals surface area contributed by atoms with Gasteiger partial charge in [0.05, 0.1) is 17.3 Å². The first-order valence-corrected chi connectivity index (χ1v) is 6.61. The third kappa shape index (κ3) is 1.66. The highest BCUT2D eigenvalue weighted by Gasteiger charge is 2.29. The summed E-state index contributed by atoms with van der Waals surface area (Å²) in [7, 11) is 0. The Morgan fingerprint density at radius 1 is 1.25 bits per heavy atom. The number of halogens is 1. The third-order valence-electron chi connectivity index (χ3n) is 3.64. The van der Waals surface area contributed by atoms with Gasteiger partial charge < -0.3 is 10.3 Å². The van der Waals surface area contributed by atoms with Crippen LogP contribution < -0.4 is 5.73 Å². The van der Waals surface area contributed by atoms with Gasteiger partial charge in [0.1, 0.15) is 17.2 Å². The number of aromatic nitrogens is 3. The molecule has 4 nitrogen and oxygen atoms in total. The predicted octanol–water partition coefficient (Wildman–Crippen LogP) is 3.15. The average Bonchev–Trinajstić information content (AvgIpc) is 3.19. The highest BCUT2D eigenvalue weighted by molar-refractivity contribution is 5.80. The number of pyridine rings is 1. The summed E-state index contributed by atoms with van der Waals surface area (Å²) in [6.07, 6.45) is 5.67. The fourth-order valence-corrected chi connectivity index (χ4v) is 2.56. The van der Waals surface area contributed by atoms with E-state index in [1.807, 2.05) is 6.07 Å². The van der Waals surface area contributed by atoms with Gasteiger partial charge in [-0.15, -0.1) is 0 Å². The lowest BCUT2D eigenvalue weighted by atomic mass is 10.2. The molecule has 0 amide bonds. The van der Waals surface area contributed by atoms with E-state index in [1.54, 1.807) is 24.5 Å². The van der Waals surface area contributed by atoms with E-state index in [9.17, 15) is 4.39 Å². The van der Waals surface area contributed by atoms with Crippen molar-refractivity contribution in [2.24, 2.45) is 0 Å². The standard InChI is InChI=1S/C15H13FN4/c16-12-7-9(17)1-4-11(12)15-19-13-8-18-6-5-14(13)20(15)10-2-3-10/h1,4-8,10H,2-3,17H2. The summed E-state index contributed by atoms with van der Waals surface area (Å²) >= 11 is 0. The molecule has 1 fully saturated rings. The molecular formula is C15H13FN4. The topological polar surface area (TPSA) is 56.7 Å². The number of hydrogen-bond acceptors (Lipinski definition) is 3. The van der Waals surface area contributed by atoms with Crippen molar-refractivity contribution in [1.82, 2.24) is 14.5 Å². The molecule has 2 aromatic heterocycles. The monoisotopic (exact) mass is 268 g/mol. The summed E-state index contributed by atoms with van der Waals surface area (Å²) in [6.45, 7) is 0. The molecule has 0 aliphatic heterocycles. The summed E-state index contributed by atoms with van der Waals surface area (Å²) in [5.41, 5.74) is 8.33. The van der Waals surface area contributed by atoms with Crippen LogP contribution >= 0.6 is 0 Å². The Morgan fingerprint density at radius 3 is 2.85 bits per heavy atom. The van der Waals surface area contributed by atoms with Crippen LogP contribution in [0.2, 0.25) is 0 Å². The smallest absolute Gasteiger partial charge is 0.144 e. The van der Waals surface area contributed by atoms with Crippen LogP contribution in [0.3, 0.4) is 0 Å². The molecule has 0 atom stereocenters. The molecule has 100 valence electrons. The van der Waals surface area contributed by atoms with E-state index >= 15 is 0 Å². The molecule has 1 saturated carbocycles. The Labute approximate surface area is 115 Å². The number of nitrogens with zero attached hydrogens (tertiary/aromatic N) is 3. The largest absolute Gasteiger partial charge is 0.399 e. The first kappa shape index (κ1) is 11.4. The number of fused-ring (bicyclic) bond motifs is 1. The van der Waals surface area contributed by atoms with Gasteiger partial charge in [-0.1, -0.05) is 0 Å². The van der Waals surface area contributed by atoms with Gasteiger partial charge in [0.15, 0.2) is 0 Å². The molecule has 2 heterocycles. The molecule has 0 saturated heterocycles. The number of rotatable bonds is 2. The van der Waals surface area contributed by atoms with Gasteiger partial charge in [0.2, 0.25) is 0 Å². The summed E-state index contributed by atoms with van der Waals surface area (Å²) in [5, 5.41) is 0. The van der Waals surface area contributed by atoms with Crippen LogP contribution in [0.15, 0.2) is 36.7 Å². The molecule has 0 bridgehead atoms. The molecular weight excluding hydrogens is 255 g/mol. The number of anilines is 1. The molecule has 20 heavy (non-hydrogen) atoms. The average molecular weight is 268 g/mol. The molecule has 5 heteroatoms. The van der Waals surface area contributed by atoms with Crippen molar-refractivity contribution < 1.29 is 4.39 Å². The zero-order valence-electron chi connectivity index (χ0n) is 10.8. The highest BCUT2D eigenvalue weighted by atomic mass is 19.1. The van der Waals surface area contributed by atoms with E-state index in [0.717, 1.165) is 23.9 Å². The van der Waals surface area contributed by atoms with Gasteiger partial charge in [-0.3, -0.25) is 4.98 Å². The maximum absolute atomic E-state index is 14.2. The highest BCUT2D eigenvalue weighted by Crippen LogP contribution is 2.41. The predicted molar refractivity (Wildman–Crippen MR) is 75.6 cm³/mol. The van der Waals surface area contributed by atoms with Crippen molar-refractivity contribution in [3.8, 4) is 11.4 Å². The quantitative estimate of drug-likeness (QED) is 0.726. The van der Waals surface area contributed by atoms with Crippen LogP contribution in [0, 0.1) is 5.82 Å². The van der Waals surface area contributed by atoms with Crippen LogP contribution in [0.5, 0.6) is 0 Å². The molecule has 1 aliphatic rings. The molecule has 4 rings (SSSR count). The van der Waals surface area contributed by atoms with Crippen molar-refractivity contribution >= 4 is 16.7 Å². The number of nitrogen functional groups attached to an aromatic ring is 1. The maximum Gasteiger partial charge on any atom is 0.144 e. The van der Waals surface area contributed by atoms with E-state index in [2.05, 4.69) is 14.5 Å². The van der Waals surface area contributed by atoms with E-state index in [0.29, 0.717) is 23.1 Å². The van der Waals surface area contributed by atoms with E-state index in [4.69, 9.17) is 5.73 Å². The van der Waals surface area contributed by atoms with Crippen LogP contribution in [-0.4, -0.2) is 14.5 Å². The number of nitrogens with two attached hydrogens (primary N) is 1. The zero-order valence-corrected chi connectivity index (χ0v) is 10.8. The minimum absolute atomic E-state index is 0.338. The Hall–Kier alpha value is -2.43. The minimum Gasteiger partial charge on any atom is -0.399 e. The Morgan fingerprint density at radius 2 is 2.10 bits per heavy atom. The fourth-order valence-electron chi connectivity index (χ4n) is 2.56. The van der Waals surface area contributed by atoms with Crippen molar-refractivity contribution in [3.05, 3.63) is 42.5 Å². The van der Waals surface area contributed by atoms with Gasteiger partial charge in [0.25, 0.3) is 0 Å². The van der Waals surface area contributed by atoms with Gasteiger partial charge in [-0.25, -0.2) is 9.37 Å². The Bertz CT molecular complexity index is 805. The number of hydrogen-bond donors (Lipinski definition) is 1. The summed E-state index contributed by atoms with van der Waals surface area (Å²) in [4.78, 5) is 8.64. The van der Waals surface area contributed by atoms with Gasteiger partial charge in [0, 0.05) is 17.9 Å². The molecule has 2 N–H and O–H groups in total. The fraction of sp³-hybridized carbons (Fsp3) is 0.200. The zero-order chi connectivity index (χ0) is 13.7. The molecule has 0 unspecified atom stereocenters. The SMILES string of the molecule is Nc1ccc(-c2nc3cnccc3n2C2CC2)c(F)c1. The summed E-state index contributed by atoms with van der Waals surface area (Å²) in [6, 6.07) is 7.07. The lowest BCUT2D eigenvalue weighted by Gasteiger charge is -2.08. The first-order chi connectivity index (χ1) is 9.74. The second-order valence-corrected chi connectivity index (χ2v) is 5.14. The van der Waals surface area contributed by atoms with Crippen LogP contribution in [0.25, 0.3) is 22.4 Å². The second-order valence-electron chi connectivity index (χ2n) is 5.14. The normalized spacial score (nSPS) is 14.8. The van der Waals surface area contributed by atoms with Gasteiger partial charge in [-0.05, 0) is 37.1 Å². The molecule has 1 aromatic carbocycles. The van der Waals surface area contributed by atoms with Crippen molar-refractivity contribution in [1.29, 1.82) is 0 Å². The summed E-state index contributed by atoms with van der Waals surface area (Å²) in [5.74, 6) is 0.322. The Balaban J connectivity index is 2.01. The van der Waals surface area contributed by atoms with Crippen LogP contribution in [0.4, 0.5) is 10.1 Å². The molecule has 0 radical (unpaired) electrons. The van der Waals surface area contributed by atoms with Crippen molar-refractivity contribution in [2.75, 3.05) is 5.73 Å². The number of imidazole rings is 1.